The number of hydrogen-bond acceptors (Lipinski definition) is 2. The Morgan fingerprint density at radius 1 is 0.806 bits per heavy atom. The van der Waals surface area contributed by atoms with Crippen LogP contribution in [0.4, 0.5) is 0 Å². The Kier molecular flexibility index (Phi) is 5.29. The van der Waals surface area contributed by atoms with Crippen LogP contribution in [0.2, 0.25) is 3.93 Å². The monoisotopic (exact) mass is 516 g/mol. The second-order valence-electron chi connectivity index (χ2n) is 9.05. The maximum atomic E-state index is 13.5. The van der Waals surface area contributed by atoms with Crippen LogP contribution in [0.15, 0.2) is 103 Å². The molecule has 31 heavy (non-hydrogen) atoms. The Morgan fingerprint density at radius 2 is 1.26 bits per heavy atom. The number of methoxy groups -OCH3 is 1. The summed E-state index contributed by atoms with van der Waals surface area (Å²) in [5.41, 5.74) is -0.522. The molecule has 4 atom stereocenters. The van der Waals surface area contributed by atoms with E-state index >= 15 is 0 Å². The standard InChI is InChI=1S/C10H13O2.3C6H5.Sn/c1-10(9(11)12-2)6-7-3-4-8(10)5-7;3*1-2-4-6-5-3-1;/h3-4,6-8H,5H2,1-2H3;3*1-5H;/t7-,8+,10-;;;;/m0..../s1. The van der Waals surface area contributed by atoms with Crippen molar-refractivity contribution in [3.63, 3.8) is 0 Å². The second kappa shape index (κ2) is 7.98. The van der Waals surface area contributed by atoms with Crippen molar-refractivity contribution >= 4 is 35.1 Å². The molecule has 2 bridgehead atoms. The summed E-state index contributed by atoms with van der Waals surface area (Å²) in [6, 6.07) is 33.1. The van der Waals surface area contributed by atoms with Crippen LogP contribution in [-0.4, -0.2) is 31.5 Å². The molecule has 1 fully saturated rings. The van der Waals surface area contributed by atoms with E-state index in [-0.39, 0.29) is 15.8 Å². The molecule has 0 aromatic heterocycles. The number of carbonyl (C=O) groups is 1. The molecule has 0 amide bonds. The first-order chi connectivity index (χ1) is 15.1. The van der Waals surface area contributed by atoms with Crippen LogP contribution < -0.4 is 10.7 Å². The molecule has 5 rings (SSSR count). The van der Waals surface area contributed by atoms with Gasteiger partial charge >= 0.3 is 189 Å². The SMILES string of the molecule is COC(=O)[C@]1(C)[C@@H]2C=C[C@@H](C2)[C@@H]1[Sn]([c]1ccccc1)([c]1ccccc1)[c]1ccccc1. The molecule has 156 valence electrons. The third-order valence-electron chi connectivity index (χ3n) is 7.74. The molecule has 0 unspecified atom stereocenters. The summed E-state index contributed by atoms with van der Waals surface area (Å²) in [6.45, 7) is 2.18. The van der Waals surface area contributed by atoms with Crippen molar-refractivity contribution in [2.75, 3.05) is 7.11 Å². The molecule has 3 aromatic rings. The fourth-order valence-electron chi connectivity index (χ4n) is 6.51. The van der Waals surface area contributed by atoms with E-state index in [4.69, 9.17) is 4.74 Å². The van der Waals surface area contributed by atoms with Crippen molar-refractivity contribution in [3.05, 3.63) is 103 Å². The first-order valence-corrected chi connectivity index (χ1v) is 17.0. The Labute approximate surface area is 188 Å². The van der Waals surface area contributed by atoms with E-state index in [1.165, 1.54) is 10.7 Å². The zero-order valence-electron chi connectivity index (χ0n) is 18.1. The number of allylic oxidation sites excluding steroid dienone is 2. The molecule has 1 saturated carbocycles. The van der Waals surface area contributed by atoms with E-state index in [0.717, 1.165) is 6.42 Å². The number of carbonyl (C=O) groups excluding carboxylic acids is 1. The molecule has 0 N–H and O–H groups in total. The topological polar surface area (TPSA) is 26.3 Å². The number of ether oxygens (including phenoxy) is 1. The van der Waals surface area contributed by atoms with Gasteiger partial charge in [-0.2, -0.15) is 0 Å². The van der Waals surface area contributed by atoms with Gasteiger partial charge in [0.05, 0.1) is 0 Å². The summed E-state index contributed by atoms with van der Waals surface area (Å²) < 4.78 is 10.0. The van der Waals surface area contributed by atoms with E-state index in [2.05, 4.69) is 110 Å². The fourth-order valence-corrected chi connectivity index (χ4v) is 24.6. The molecule has 0 spiro atoms. The number of fused-ring (bicyclic) bond motifs is 2. The molecule has 0 saturated heterocycles. The van der Waals surface area contributed by atoms with E-state index in [1.807, 2.05) is 0 Å². The molecule has 0 aliphatic heterocycles. The van der Waals surface area contributed by atoms with Gasteiger partial charge in [-0.25, -0.2) is 0 Å². The van der Waals surface area contributed by atoms with Gasteiger partial charge in [0, 0.05) is 0 Å². The Balaban J connectivity index is 1.89. The van der Waals surface area contributed by atoms with Crippen LogP contribution in [0.1, 0.15) is 13.3 Å². The quantitative estimate of drug-likeness (QED) is 0.293. The van der Waals surface area contributed by atoms with Gasteiger partial charge in [0.15, 0.2) is 0 Å². The van der Waals surface area contributed by atoms with Gasteiger partial charge in [-0.05, 0) is 0 Å². The third-order valence-corrected chi connectivity index (χ3v) is 24.0. The van der Waals surface area contributed by atoms with Gasteiger partial charge in [0.1, 0.15) is 0 Å². The van der Waals surface area contributed by atoms with Crippen molar-refractivity contribution < 1.29 is 9.53 Å². The number of hydrogen-bond donors (Lipinski definition) is 0. The minimum atomic E-state index is -3.70. The third kappa shape index (κ3) is 2.95. The van der Waals surface area contributed by atoms with Crippen LogP contribution >= 0.6 is 0 Å². The summed E-state index contributed by atoms with van der Waals surface area (Å²) in [6.07, 6.45) is 5.71. The van der Waals surface area contributed by atoms with Crippen LogP contribution in [0.5, 0.6) is 0 Å². The maximum absolute atomic E-state index is 13.5. The van der Waals surface area contributed by atoms with Crippen molar-refractivity contribution in [2.45, 2.75) is 17.3 Å². The average Bonchev–Trinajstić information content (AvgIpc) is 3.43. The van der Waals surface area contributed by atoms with E-state index in [9.17, 15) is 4.79 Å². The molecule has 2 aliphatic carbocycles. The first kappa shape index (κ1) is 20.6. The molecule has 2 aliphatic rings. The molecular weight excluding hydrogens is 487 g/mol. The fraction of sp³-hybridized carbons (Fsp3) is 0.250. The summed E-state index contributed by atoms with van der Waals surface area (Å²) in [5.74, 6) is 0.575. The number of benzene rings is 3. The normalized spacial score (nSPS) is 26.7. The van der Waals surface area contributed by atoms with Crippen molar-refractivity contribution in [2.24, 2.45) is 17.3 Å². The Bertz CT molecular complexity index is 997. The summed E-state index contributed by atoms with van der Waals surface area (Å²) in [5, 5.41) is 0. The van der Waals surface area contributed by atoms with E-state index < -0.39 is 23.8 Å². The van der Waals surface area contributed by atoms with Crippen LogP contribution in [0.25, 0.3) is 0 Å². The van der Waals surface area contributed by atoms with Gasteiger partial charge in [0.2, 0.25) is 0 Å². The first-order valence-electron chi connectivity index (χ1n) is 11.1. The average molecular weight is 515 g/mol. The van der Waals surface area contributed by atoms with Gasteiger partial charge in [-0.1, -0.05) is 0 Å². The predicted molar refractivity (Wildman–Crippen MR) is 129 cm³/mol. The summed E-state index contributed by atoms with van der Waals surface area (Å²) in [4.78, 5) is 13.5. The van der Waals surface area contributed by atoms with Crippen molar-refractivity contribution in [3.8, 4) is 0 Å². The van der Waals surface area contributed by atoms with Crippen molar-refractivity contribution in [1.82, 2.24) is 0 Å². The van der Waals surface area contributed by atoms with Gasteiger partial charge in [0.25, 0.3) is 0 Å². The van der Waals surface area contributed by atoms with Crippen LogP contribution in [0, 0.1) is 17.3 Å². The van der Waals surface area contributed by atoms with Crippen LogP contribution in [0.3, 0.4) is 0 Å². The molecule has 2 nitrogen and oxygen atoms in total. The van der Waals surface area contributed by atoms with Gasteiger partial charge < -0.3 is 0 Å². The molecular formula is C28H28O2Sn. The predicted octanol–water partition coefficient (Wildman–Crippen LogP) is 3.91. The number of rotatable bonds is 5. The Morgan fingerprint density at radius 3 is 1.68 bits per heavy atom. The zero-order chi connectivity index (χ0) is 21.5. The number of esters is 1. The van der Waals surface area contributed by atoms with Gasteiger partial charge in [-0.15, -0.1) is 0 Å². The zero-order valence-corrected chi connectivity index (χ0v) is 20.9. The van der Waals surface area contributed by atoms with E-state index in [0.29, 0.717) is 5.92 Å². The van der Waals surface area contributed by atoms with E-state index in [1.54, 1.807) is 7.11 Å². The summed E-state index contributed by atoms with van der Waals surface area (Å²) in [7, 11) is 1.55. The van der Waals surface area contributed by atoms with Crippen LogP contribution in [-0.2, 0) is 9.53 Å². The molecule has 0 heterocycles. The molecule has 3 heteroatoms. The summed E-state index contributed by atoms with van der Waals surface area (Å²) >= 11 is -3.70. The molecule has 0 radical (unpaired) electrons. The van der Waals surface area contributed by atoms with Gasteiger partial charge in [-0.3, -0.25) is 0 Å². The Hall–Kier alpha value is -2.33. The minimum absolute atomic E-state index is 0.0572. The second-order valence-corrected chi connectivity index (χ2v) is 20.4. The molecule has 3 aromatic carbocycles. The van der Waals surface area contributed by atoms with Crippen molar-refractivity contribution in [1.29, 1.82) is 0 Å².